The third kappa shape index (κ3) is 6.32. The number of carboxylic acids is 1. The molecule has 0 spiro atoms. The van der Waals surface area contributed by atoms with Crippen LogP contribution in [0.3, 0.4) is 0 Å². The Balaban J connectivity index is 2.13. The van der Waals surface area contributed by atoms with Gasteiger partial charge >= 0.3 is 12.1 Å². The van der Waals surface area contributed by atoms with Gasteiger partial charge in [0.05, 0.1) is 12.0 Å². The first-order valence-electron chi connectivity index (χ1n) is 8.02. The minimum absolute atomic E-state index is 0.152. The Hall–Kier alpha value is -2.48. The molecule has 1 amide bonds. The number of amides is 1. The molecule has 0 aliphatic rings. The van der Waals surface area contributed by atoms with E-state index in [4.69, 9.17) is 5.11 Å². The molecule has 0 saturated heterocycles. The number of carboxylic acid groups (broad SMARTS) is 1. The second kappa shape index (κ2) is 8.94. The van der Waals surface area contributed by atoms with Crippen LogP contribution in [0.25, 0.3) is 0 Å². The van der Waals surface area contributed by atoms with Crippen LogP contribution in [0.15, 0.2) is 53.4 Å². The van der Waals surface area contributed by atoms with Gasteiger partial charge in [0.15, 0.2) is 0 Å². The van der Waals surface area contributed by atoms with Crippen LogP contribution in [0.5, 0.6) is 0 Å². The Labute approximate surface area is 158 Å². The predicted octanol–water partition coefficient (Wildman–Crippen LogP) is 5.01. The summed E-state index contributed by atoms with van der Waals surface area (Å²) in [4.78, 5) is 24.4. The van der Waals surface area contributed by atoms with Gasteiger partial charge in [0.2, 0.25) is 5.91 Å². The maximum Gasteiger partial charge on any atom is 0.416 e. The third-order valence-corrected chi connectivity index (χ3v) is 4.64. The molecule has 2 aromatic rings. The van der Waals surface area contributed by atoms with Gasteiger partial charge in [-0.05, 0) is 42.2 Å². The number of aliphatic carboxylic acids is 1. The molecule has 0 bridgehead atoms. The Bertz CT molecular complexity index is 807. The molecular formula is C19H18F3NO3S. The van der Waals surface area contributed by atoms with Gasteiger partial charge in [-0.1, -0.05) is 18.2 Å². The van der Waals surface area contributed by atoms with Crippen molar-refractivity contribution in [3.63, 3.8) is 0 Å². The van der Waals surface area contributed by atoms with Crippen molar-refractivity contribution in [3.05, 3.63) is 59.7 Å². The zero-order chi connectivity index (χ0) is 20.0. The van der Waals surface area contributed by atoms with Gasteiger partial charge in [0.25, 0.3) is 0 Å². The topological polar surface area (TPSA) is 66.4 Å². The summed E-state index contributed by atoms with van der Waals surface area (Å²) >= 11 is 1.51. The van der Waals surface area contributed by atoms with Gasteiger partial charge in [0, 0.05) is 22.9 Å². The van der Waals surface area contributed by atoms with E-state index in [9.17, 15) is 22.8 Å². The highest BCUT2D eigenvalue weighted by Crippen LogP contribution is 2.32. The smallest absolute Gasteiger partial charge is 0.416 e. The van der Waals surface area contributed by atoms with E-state index in [0.717, 1.165) is 17.0 Å². The fraction of sp³-hybridized carbons (Fsp3) is 0.263. The summed E-state index contributed by atoms with van der Waals surface area (Å²) in [6.45, 7) is 0. The van der Waals surface area contributed by atoms with Crippen molar-refractivity contribution in [2.45, 2.75) is 29.8 Å². The first-order valence-corrected chi connectivity index (χ1v) is 9.24. The van der Waals surface area contributed by atoms with Gasteiger partial charge < -0.3 is 10.4 Å². The number of thioether (sulfide) groups is 1. The van der Waals surface area contributed by atoms with Crippen molar-refractivity contribution < 1.29 is 27.9 Å². The highest BCUT2D eigenvalue weighted by molar-refractivity contribution is 7.98. The van der Waals surface area contributed by atoms with Crippen LogP contribution in [0.4, 0.5) is 18.9 Å². The summed E-state index contributed by atoms with van der Waals surface area (Å²) in [7, 11) is 0. The maximum atomic E-state index is 12.7. The van der Waals surface area contributed by atoms with Gasteiger partial charge in [-0.2, -0.15) is 13.2 Å². The van der Waals surface area contributed by atoms with Crippen molar-refractivity contribution in [2.75, 3.05) is 11.6 Å². The molecule has 0 fully saturated rings. The molecule has 0 aliphatic carbocycles. The lowest BCUT2D eigenvalue weighted by atomic mass is 9.91. The first kappa shape index (κ1) is 20.8. The van der Waals surface area contributed by atoms with Crippen LogP contribution in [0, 0.1) is 0 Å². The predicted molar refractivity (Wildman–Crippen MR) is 97.9 cm³/mol. The molecule has 144 valence electrons. The fourth-order valence-electron chi connectivity index (χ4n) is 2.60. The second-order valence-electron chi connectivity index (χ2n) is 5.90. The second-order valence-corrected chi connectivity index (χ2v) is 6.78. The number of rotatable bonds is 7. The zero-order valence-corrected chi connectivity index (χ0v) is 15.2. The van der Waals surface area contributed by atoms with Crippen LogP contribution < -0.4 is 5.32 Å². The number of carbonyl (C=O) groups is 2. The lowest BCUT2D eigenvalue weighted by Crippen LogP contribution is -2.18. The molecule has 2 aromatic carbocycles. The number of alkyl halides is 3. The van der Waals surface area contributed by atoms with Crippen molar-refractivity contribution in [1.82, 2.24) is 0 Å². The molecule has 0 aliphatic heterocycles. The molecule has 27 heavy (non-hydrogen) atoms. The largest absolute Gasteiger partial charge is 0.481 e. The quantitative estimate of drug-likeness (QED) is 0.644. The van der Waals surface area contributed by atoms with E-state index in [-0.39, 0.29) is 12.8 Å². The molecule has 0 heterocycles. The highest BCUT2D eigenvalue weighted by Gasteiger charge is 2.30. The number of halogens is 3. The molecule has 0 aromatic heterocycles. The van der Waals surface area contributed by atoms with Crippen molar-refractivity contribution in [1.29, 1.82) is 0 Å². The summed E-state index contributed by atoms with van der Waals surface area (Å²) < 4.78 is 38.1. The van der Waals surface area contributed by atoms with E-state index in [1.165, 1.54) is 23.9 Å². The van der Waals surface area contributed by atoms with Crippen molar-refractivity contribution in [3.8, 4) is 0 Å². The van der Waals surface area contributed by atoms with Crippen LogP contribution in [-0.4, -0.2) is 23.2 Å². The van der Waals surface area contributed by atoms with Crippen molar-refractivity contribution in [2.24, 2.45) is 0 Å². The summed E-state index contributed by atoms with van der Waals surface area (Å²) in [5.41, 5.74) is 0.130. The van der Waals surface area contributed by atoms with E-state index < -0.39 is 29.5 Å². The first-order chi connectivity index (χ1) is 12.7. The van der Waals surface area contributed by atoms with Gasteiger partial charge in [0.1, 0.15) is 0 Å². The molecule has 2 rings (SSSR count). The van der Waals surface area contributed by atoms with E-state index in [1.54, 1.807) is 18.2 Å². The average Bonchev–Trinajstić information content (AvgIpc) is 2.60. The van der Waals surface area contributed by atoms with E-state index >= 15 is 0 Å². The molecule has 2 N–H and O–H groups in total. The Morgan fingerprint density at radius 3 is 2.33 bits per heavy atom. The van der Waals surface area contributed by atoms with Crippen LogP contribution in [0.2, 0.25) is 0 Å². The monoisotopic (exact) mass is 397 g/mol. The van der Waals surface area contributed by atoms with Crippen LogP contribution in [0.1, 0.15) is 29.9 Å². The summed E-state index contributed by atoms with van der Waals surface area (Å²) in [5, 5.41) is 11.8. The summed E-state index contributed by atoms with van der Waals surface area (Å²) in [6.07, 6.45) is -3.08. The minimum atomic E-state index is -4.47. The van der Waals surface area contributed by atoms with Gasteiger partial charge in [-0.3, -0.25) is 9.59 Å². The third-order valence-electron chi connectivity index (χ3n) is 3.92. The maximum absolute atomic E-state index is 12.7. The molecule has 8 heteroatoms. The molecule has 0 saturated carbocycles. The van der Waals surface area contributed by atoms with Gasteiger partial charge in [-0.25, -0.2) is 0 Å². The van der Waals surface area contributed by atoms with Gasteiger partial charge in [-0.15, -0.1) is 11.8 Å². The van der Waals surface area contributed by atoms with E-state index in [1.807, 2.05) is 12.3 Å². The SMILES string of the molecule is CSc1cccc(NC(=O)C[C@H](CC(=O)O)c2ccc(C(F)(F)F)cc2)c1. The molecule has 4 nitrogen and oxygen atoms in total. The lowest BCUT2D eigenvalue weighted by molar-refractivity contribution is -0.138. The number of anilines is 1. The standard InChI is InChI=1S/C19H18F3NO3S/c1-27-16-4-2-3-15(11-16)23-17(24)9-13(10-18(25)26)12-5-7-14(8-6-12)19(20,21)22/h2-8,11,13H,9-10H2,1H3,(H,23,24)(H,25,26)/t13-/m1/s1. The minimum Gasteiger partial charge on any atom is -0.481 e. The van der Waals surface area contributed by atoms with Crippen LogP contribution in [-0.2, 0) is 15.8 Å². The van der Waals surface area contributed by atoms with Crippen LogP contribution >= 0.6 is 11.8 Å². The summed E-state index contributed by atoms with van der Waals surface area (Å²) in [5.74, 6) is -2.26. The number of benzene rings is 2. The van der Waals surface area contributed by atoms with E-state index in [0.29, 0.717) is 11.3 Å². The Kier molecular flexibility index (Phi) is 6.90. The number of hydrogen-bond donors (Lipinski definition) is 2. The Morgan fingerprint density at radius 1 is 1.11 bits per heavy atom. The Morgan fingerprint density at radius 2 is 1.78 bits per heavy atom. The zero-order valence-electron chi connectivity index (χ0n) is 14.4. The highest BCUT2D eigenvalue weighted by atomic mass is 32.2. The normalized spacial score (nSPS) is 12.4. The summed E-state index contributed by atoms with van der Waals surface area (Å²) in [6, 6.07) is 11.4. The van der Waals surface area contributed by atoms with Crippen molar-refractivity contribution >= 4 is 29.3 Å². The molecule has 0 radical (unpaired) electrons. The van der Waals surface area contributed by atoms with E-state index in [2.05, 4.69) is 5.32 Å². The molecule has 1 atom stereocenters. The average molecular weight is 397 g/mol. The number of nitrogens with one attached hydrogen (secondary N) is 1. The lowest BCUT2D eigenvalue weighted by Gasteiger charge is -2.16. The number of carbonyl (C=O) groups excluding carboxylic acids is 1. The fourth-order valence-corrected chi connectivity index (χ4v) is 3.06. The molecular weight excluding hydrogens is 379 g/mol. The molecule has 0 unspecified atom stereocenters. The number of hydrogen-bond acceptors (Lipinski definition) is 3.